The minimum absolute atomic E-state index is 0.101. The average molecular weight is 450 g/mol. The molecule has 2 aromatic carbocycles. The van der Waals surface area contributed by atoms with Gasteiger partial charge in [0.05, 0.1) is 13.2 Å². The highest BCUT2D eigenvalue weighted by Crippen LogP contribution is 2.24. The van der Waals surface area contributed by atoms with Crippen molar-refractivity contribution in [3.05, 3.63) is 71.9 Å². The molecule has 2 amide bonds. The van der Waals surface area contributed by atoms with E-state index in [0.29, 0.717) is 18.8 Å². The van der Waals surface area contributed by atoms with Crippen molar-refractivity contribution in [1.29, 1.82) is 0 Å². The molecular formula is C26H31N3O4. The summed E-state index contributed by atoms with van der Waals surface area (Å²) in [5.74, 6) is 1.12. The first kappa shape index (κ1) is 24.0. The molecule has 33 heavy (non-hydrogen) atoms. The topological polar surface area (TPSA) is 84.7 Å². The Kier molecular flexibility index (Phi) is 8.24. The predicted octanol–water partition coefficient (Wildman–Crippen LogP) is 4.72. The lowest BCUT2D eigenvalue weighted by atomic mass is 10.1. The molecule has 7 nitrogen and oxygen atoms in total. The lowest BCUT2D eigenvalue weighted by Crippen LogP contribution is -2.38. The average Bonchev–Trinajstić information content (AvgIpc) is 3.32. The molecule has 0 aliphatic carbocycles. The van der Waals surface area contributed by atoms with Gasteiger partial charge in [-0.15, -0.1) is 0 Å². The molecule has 0 radical (unpaired) electrons. The fraction of sp³-hybridized carbons (Fsp3) is 0.346. The molecule has 0 bridgehead atoms. The number of carbonyl (C=O) groups excluding carboxylic acids is 2. The van der Waals surface area contributed by atoms with Gasteiger partial charge in [0.1, 0.15) is 5.75 Å². The zero-order valence-electron chi connectivity index (χ0n) is 19.6. The molecule has 1 N–H and O–H groups in total. The van der Waals surface area contributed by atoms with Gasteiger partial charge >= 0.3 is 0 Å². The fourth-order valence-electron chi connectivity index (χ4n) is 3.52. The first-order chi connectivity index (χ1) is 15.9. The number of hydrogen-bond acceptors (Lipinski definition) is 5. The zero-order chi connectivity index (χ0) is 23.8. The highest BCUT2D eigenvalue weighted by atomic mass is 16.5. The van der Waals surface area contributed by atoms with Crippen molar-refractivity contribution < 1.29 is 18.8 Å². The SMILES string of the molecule is COc1ccc(-c2cc(C(=O)N(CCC(=O)N[C@@H](C)c3ccccc3)CC(C)C)no2)cc1. The summed E-state index contributed by atoms with van der Waals surface area (Å²) in [6.45, 7) is 6.83. The number of nitrogens with one attached hydrogen (secondary N) is 1. The normalized spacial score (nSPS) is 11.8. The number of aromatic nitrogens is 1. The van der Waals surface area contributed by atoms with Gasteiger partial charge in [0.2, 0.25) is 5.91 Å². The maximum atomic E-state index is 13.1. The molecule has 0 unspecified atom stereocenters. The minimum Gasteiger partial charge on any atom is -0.497 e. The van der Waals surface area contributed by atoms with Crippen LogP contribution in [0, 0.1) is 5.92 Å². The van der Waals surface area contributed by atoms with Crippen LogP contribution in [0.15, 0.2) is 65.2 Å². The quantitative estimate of drug-likeness (QED) is 0.484. The molecule has 0 aliphatic heterocycles. The Morgan fingerprint density at radius 3 is 2.39 bits per heavy atom. The van der Waals surface area contributed by atoms with Crippen LogP contribution in [0.3, 0.4) is 0 Å². The van der Waals surface area contributed by atoms with Crippen molar-refractivity contribution in [3.8, 4) is 17.1 Å². The van der Waals surface area contributed by atoms with Crippen LogP contribution in [0.5, 0.6) is 5.75 Å². The van der Waals surface area contributed by atoms with E-state index in [1.54, 1.807) is 18.1 Å². The van der Waals surface area contributed by atoms with Crippen molar-refractivity contribution in [2.24, 2.45) is 5.92 Å². The lowest BCUT2D eigenvalue weighted by Gasteiger charge is -2.24. The zero-order valence-corrected chi connectivity index (χ0v) is 19.6. The Labute approximate surface area is 194 Å². The molecule has 0 saturated carbocycles. The van der Waals surface area contributed by atoms with Gasteiger partial charge < -0.3 is 19.5 Å². The van der Waals surface area contributed by atoms with Gasteiger partial charge in [-0.1, -0.05) is 49.3 Å². The van der Waals surface area contributed by atoms with Crippen LogP contribution < -0.4 is 10.1 Å². The van der Waals surface area contributed by atoms with Crippen molar-refractivity contribution in [1.82, 2.24) is 15.4 Å². The summed E-state index contributed by atoms with van der Waals surface area (Å²) < 4.78 is 10.6. The monoisotopic (exact) mass is 449 g/mol. The molecule has 1 aromatic heterocycles. The van der Waals surface area contributed by atoms with E-state index in [2.05, 4.69) is 10.5 Å². The van der Waals surface area contributed by atoms with E-state index in [0.717, 1.165) is 16.9 Å². The van der Waals surface area contributed by atoms with Crippen molar-refractivity contribution in [2.75, 3.05) is 20.2 Å². The Bertz CT molecular complexity index is 1040. The number of benzene rings is 2. The third kappa shape index (κ3) is 6.68. The second-order valence-corrected chi connectivity index (χ2v) is 8.40. The van der Waals surface area contributed by atoms with E-state index in [9.17, 15) is 9.59 Å². The second-order valence-electron chi connectivity index (χ2n) is 8.40. The molecule has 3 rings (SSSR count). The maximum absolute atomic E-state index is 13.1. The smallest absolute Gasteiger partial charge is 0.276 e. The molecular weight excluding hydrogens is 418 g/mol. The summed E-state index contributed by atoms with van der Waals surface area (Å²) >= 11 is 0. The Morgan fingerprint density at radius 2 is 1.76 bits per heavy atom. The Hall–Kier alpha value is -3.61. The van der Waals surface area contributed by atoms with Gasteiger partial charge in [-0.25, -0.2) is 0 Å². The molecule has 0 aliphatic rings. The number of rotatable bonds is 10. The second kappa shape index (κ2) is 11.3. The lowest BCUT2D eigenvalue weighted by molar-refractivity contribution is -0.121. The largest absolute Gasteiger partial charge is 0.497 e. The van der Waals surface area contributed by atoms with Crippen LogP contribution in [-0.2, 0) is 4.79 Å². The fourth-order valence-corrected chi connectivity index (χ4v) is 3.52. The van der Waals surface area contributed by atoms with E-state index < -0.39 is 0 Å². The number of amides is 2. The van der Waals surface area contributed by atoms with Crippen LogP contribution in [0.2, 0.25) is 0 Å². The molecule has 0 spiro atoms. The van der Waals surface area contributed by atoms with Gasteiger partial charge in [-0.2, -0.15) is 0 Å². The third-order valence-corrected chi connectivity index (χ3v) is 5.26. The molecule has 174 valence electrons. The van der Waals surface area contributed by atoms with Crippen LogP contribution in [0.1, 0.15) is 49.3 Å². The van der Waals surface area contributed by atoms with Crippen molar-refractivity contribution in [3.63, 3.8) is 0 Å². The summed E-state index contributed by atoms with van der Waals surface area (Å²) in [7, 11) is 1.60. The predicted molar refractivity (Wildman–Crippen MR) is 127 cm³/mol. The van der Waals surface area contributed by atoms with E-state index >= 15 is 0 Å². The maximum Gasteiger partial charge on any atom is 0.276 e. The number of ether oxygens (including phenoxy) is 1. The Balaban J connectivity index is 1.63. The number of hydrogen-bond donors (Lipinski definition) is 1. The molecule has 0 saturated heterocycles. The van der Waals surface area contributed by atoms with Gasteiger partial charge in [0, 0.05) is 31.1 Å². The highest BCUT2D eigenvalue weighted by Gasteiger charge is 2.22. The first-order valence-corrected chi connectivity index (χ1v) is 11.1. The summed E-state index contributed by atoms with van der Waals surface area (Å²) in [6.07, 6.45) is 0.207. The van der Waals surface area contributed by atoms with E-state index in [-0.39, 0.29) is 35.9 Å². The molecule has 1 atom stereocenters. The van der Waals surface area contributed by atoms with E-state index in [4.69, 9.17) is 9.26 Å². The highest BCUT2D eigenvalue weighted by molar-refractivity contribution is 5.93. The van der Waals surface area contributed by atoms with E-state index in [1.165, 1.54) is 0 Å². The minimum atomic E-state index is -0.254. The third-order valence-electron chi connectivity index (χ3n) is 5.26. The first-order valence-electron chi connectivity index (χ1n) is 11.1. The summed E-state index contributed by atoms with van der Waals surface area (Å²) in [5, 5.41) is 6.98. The van der Waals surface area contributed by atoms with E-state index in [1.807, 2.05) is 75.4 Å². The molecule has 3 aromatic rings. The van der Waals surface area contributed by atoms with Gasteiger partial charge in [-0.05, 0) is 42.7 Å². The van der Waals surface area contributed by atoms with Gasteiger partial charge in [0.25, 0.3) is 5.91 Å². The van der Waals surface area contributed by atoms with Crippen LogP contribution in [-0.4, -0.2) is 42.1 Å². The van der Waals surface area contributed by atoms with Crippen LogP contribution in [0.25, 0.3) is 11.3 Å². The summed E-state index contributed by atoms with van der Waals surface area (Å²) in [5.41, 5.74) is 2.06. The van der Waals surface area contributed by atoms with Gasteiger partial charge in [-0.3, -0.25) is 9.59 Å². The van der Waals surface area contributed by atoms with Crippen molar-refractivity contribution >= 4 is 11.8 Å². The van der Waals surface area contributed by atoms with Crippen molar-refractivity contribution in [2.45, 2.75) is 33.2 Å². The molecule has 7 heteroatoms. The standard InChI is InChI=1S/C26H31N3O4/c1-18(2)17-29(15-14-25(30)27-19(3)20-8-6-5-7-9-20)26(31)23-16-24(33-28-23)21-10-12-22(32-4)13-11-21/h5-13,16,18-19H,14-15,17H2,1-4H3,(H,27,30)/t19-/m0/s1. The number of methoxy groups -OCH3 is 1. The van der Waals surface area contributed by atoms with Gasteiger partial charge in [0.15, 0.2) is 11.5 Å². The Morgan fingerprint density at radius 1 is 1.06 bits per heavy atom. The summed E-state index contributed by atoms with van der Waals surface area (Å²) in [6, 6.07) is 18.6. The summed E-state index contributed by atoms with van der Waals surface area (Å²) in [4.78, 5) is 27.3. The molecule has 1 heterocycles. The number of carbonyl (C=O) groups is 2. The van der Waals surface area contributed by atoms with Crippen LogP contribution in [0.4, 0.5) is 0 Å². The molecule has 0 fully saturated rings. The van der Waals surface area contributed by atoms with Crippen LogP contribution >= 0.6 is 0 Å². The number of nitrogens with zero attached hydrogens (tertiary/aromatic N) is 2.